The van der Waals surface area contributed by atoms with Crippen molar-refractivity contribution in [3.63, 3.8) is 0 Å². The maximum absolute atomic E-state index is 13.0. The molecule has 0 atom stereocenters. The number of hydrogen-bond acceptors (Lipinski definition) is 10. The molecule has 6 rings (SSSR count). The van der Waals surface area contributed by atoms with E-state index in [9.17, 15) is 9.59 Å². The molecule has 2 saturated heterocycles. The van der Waals surface area contributed by atoms with Gasteiger partial charge in [-0.1, -0.05) is 0 Å². The summed E-state index contributed by atoms with van der Waals surface area (Å²) in [4.78, 5) is 35.2. The first-order valence-electron chi connectivity index (χ1n) is 17.0. The zero-order chi connectivity index (χ0) is 35.7. The van der Waals surface area contributed by atoms with E-state index < -0.39 is 0 Å². The van der Waals surface area contributed by atoms with E-state index in [1.165, 1.54) is 7.69 Å². The van der Waals surface area contributed by atoms with Crippen molar-refractivity contribution >= 4 is 42.2 Å². The maximum Gasteiger partial charge on any atom is 0.658 e. The number of carbonyl (C=O) groups is 2. The van der Waals surface area contributed by atoms with Crippen LogP contribution in [0.25, 0.3) is 0 Å². The molecule has 2 aliphatic heterocycles. The lowest BCUT2D eigenvalue weighted by atomic mass is 10.1. The second-order valence-electron chi connectivity index (χ2n) is 12.6. The number of nitrogens with zero attached hydrogens (tertiary/aromatic N) is 4. The minimum Gasteiger partial charge on any atom is -0.526 e. The third kappa shape index (κ3) is 9.05. The van der Waals surface area contributed by atoms with Gasteiger partial charge in [-0.2, -0.15) is 0 Å². The first-order valence-corrected chi connectivity index (χ1v) is 17.0. The molecule has 0 bridgehead atoms. The number of hydrogen-bond donors (Lipinski definition) is 2. The fraction of sp³-hybridized carbons (Fsp3) is 0.316. The number of carbonyl (C=O) groups excluding carboxylic acids is 2. The zero-order valence-corrected chi connectivity index (χ0v) is 29.6. The topological polar surface area (TPSA) is 108 Å². The third-order valence-electron chi connectivity index (χ3n) is 9.16. The quantitative estimate of drug-likeness (QED) is 0.203. The molecular formula is C38H44BN6O6. The van der Waals surface area contributed by atoms with Crippen LogP contribution < -0.4 is 39.2 Å². The second-order valence-corrected chi connectivity index (χ2v) is 12.6. The number of rotatable bonds is 12. The highest BCUT2D eigenvalue weighted by Crippen LogP contribution is 2.33. The standard InChI is InChI=1S/C38H44BN6O6/c1-42-17-21-44(22-18-42)33-25-29(9-15-35(33)48-3)40-37(46)27-5-11-31(12-6-27)50-39-51-32-13-7-28(8-14-32)38(47)41-30-10-16-36(49-4)34(26-30)45-23-19-43(2)20-24-45/h5-16,25-26H,17-24H2,1-4H3,(H,40,46)(H,41,47). The molecule has 0 spiro atoms. The number of piperazine rings is 2. The Labute approximate surface area is 300 Å². The van der Waals surface area contributed by atoms with Gasteiger partial charge in [-0.15, -0.1) is 0 Å². The number of ether oxygens (including phenoxy) is 2. The second kappa shape index (κ2) is 16.5. The lowest BCUT2D eigenvalue weighted by molar-refractivity contribution is 0.101. The summed E-state index contributed by atoms with van der Waals surface area (Å²) in [5.41, 5.74) is 4.28. The van der Waals surface area contributed by atoms with E-state index in [4.69, 9.17) is 18.8 Å². The first kappa shape index (κ1) is 35.4. The monoisotopic (exact) mass is 691 g/mol. The van der Waals surface area contributed by atoms with Crippen molar-refractivity contribution in [1.82, 2.24) is 9.80 Å². The Hall–Kier alpha value is -5.40. The fourth-order valence-corrected chi connectivity index (χ4v) is 6.04. The van der Waals surface area contributed by atoms with Crippen LogP contribution in [0.15, 0.2) is 84.9 Å². The van der Waals surface area contributed by atoms with Gasteiger partial charge in [0.25, 0.3) is 11.8 Å². The van der Waals surface area contributed by atoms with E-state index in [2.05, 4.69) is 44.3 Å². The molecule has 51 heavy (non-hydrogen) atoms. The molecule has 2 heterocycles. The zero-order valence-electron chi connectivity index (χ0n) is 29.6. The number of methoxy groups -OCH3 is 2. The maximum atomic E-state index is 13.0. The molecule has 1 radical (unpaired) electrons. The molecule has 0 saturated carbocycles. The molecule has 13 heteroatoms. The van der Waals surface area contributed by atoms with E-state index in [1.807, 2.05) is 36.4 Å². The average Bonchev–Trinajstić information content (AvgIpc) is 3.16. The van der Waals surface area contributed by atoms with E-state index in [-0.39, 0.29) is 11.8 Å². The largest absolute Gasteiger partial charge is 0.658 e. The normalized spacial score (nSPS) is 15.1. The number of nitrogens with one attached hydrogen (secondary N) is 2. The SMILES string of the molecule is COc1ccc(NC(=O)c2ccc(O[B]Oc3ccc(C(=O)Nc4ccc(OC)c(N5CCN(C)CC5)c4)cc3)cc2)cc1N1CCN(C)CC1. The highest BCUT2D eigenvalue weighted by atomic mass is 16.6. The van der Waals surface area contributed by atoms with Gasteiger partial charge in [-0.05, 0) is 99.0 Å². The fourth-order valence-electron chi connectivity index (χ4n) is 6.04. The van der Waals surface area contributed by atoms with Crippen LogP contribution in [0.3, 0.4) is 0 Å². The highest BCUT2D eigenvalue weighted by molar-refractivity contribution is 6.20. The van der Waals surface area contributed by atoms with Gasteiger partial charge in [-0.25, -0.2) is 0 Å². The van der Waals surface area contributed by atoms with Crippen molar-refractivity contribution in [1.29, 1.82) is 0 Å². The minimum absolute atomic E-state index is 0.233. The summed E-state index contributed by atoms with van der Waals surface area (Å²) in [6, 6.07) is 24.9. The van der Waals surface area contributed by atoms with Gasteiger partial charge >= 0.3 is 7.69 Å². The van der Waals surface area contributed by atoms with Gasteiger partial charge in [0.2, 0.25) is 0 Å². The van der Waals surface area contributed by atoms with Gasteiger partial charge in [0, 0.05) is 74.9 Å². The van der Waals surface area contributed by atoms with Crippen molar-refractivity contribution in [3.8, 4) is 23.0 Å². The highest BCUT2D eigenvalue weighted by Gasteiger charge is 2.20. The van der Waals surface area contributed by atoms with Crippen LogP contribution in [0.5, 0.6) is 23.0 Å². The Kier molecular flexibility index (Phi) is 11.5. The number of anilines is 4. The van der Waals surface area contributed by atoms with Gasteiger partial charge in [-0.3, -0.25) is 9.59 Å². The molecule has 0 aromatic heterocycles. The average molecular weight is 692 g/mol. The minimum atomic E-state index is -0.233. The van der Waals surface area contributed by atoms with E-state index in [1.54, 1.807) is 62.8 Å². The smallest absolute Gasteiger partial charge is 0.526 e. The lowest BCUT2D eigenvalue weighted by Crippen LogP contribution is -2.44. The molecule has 0 unspecified atom stereocenters. The summed E-state index contributed by atoms with van der Waals surface area (Å²) in [6.45, 7) is 7.41. The van der Waals surface area contributed by atoms with Crippen LogP contribution in [0.1, 0.15) is 20.7 Å². The number of benzene rings is 4. The summed E-state index contributed by atoms with van der Waals surface area (Å²) < 4.78 is 22.4. The Bertz CT molecular complexity index is 1660. The molecule has 4 aromatic rings. The molecular weight excluding hydrogens is 647 g/mol. The predicted octanol–water partition coefficient (Wildman–Crippen LogP) is 4.70. The number of amides is 2. The summed E-state index contributed by atoms with van der Waals surface area (Å²) >= 11 is 0. The Morgan fingerprint density at radius 1 is 0.549 bits per heavy atom. The van der Waals surface area contributed by atoms with Gasteiger partial charge in [0.05, 0.1) is 25.6 Å². The van der Waals surface area contributed by atoms with Crippen LogP contribution >= 0.6 is 0 Å². The van der Waals surface area contributed by atoms with Crippen LogP contribution in [0, 0.1) is 0 Å². The summed E-state index contributed by atoms with van der Waals surface area (Å²) in [5, 5.41) is 5.98. The van der Waals surface area contributed by atoms with Crippen LogP contribution in [0.2, 0.25) is 0 Å². The summed E-state index contributed by atoms with van der Waals surface area (Å²) in [6.07, 6.45) is 0. The summed E-state index contributed by atoms with van der Waals surface area (Å²) in [7, 11) is 8.75. The van der Waals surface area contributed by atoms with E-state index >= 15 is 0 Å². The van der Waals surface area contributed by atoms with Crippen molar-refractivity contribution in [2.24, 2.45) is 0 Å². The predicted molar refractivity (Wildman–Crippen MR) is 201 cm³/mol. The van der Waals surface area contributed by atoms with Crippen LogP contribution in [-0.2, 0) is 0 Å². The van der Waals surface area contributed by atoms with Gasteiger partial charge in [0.1, 0.15) is 23.0 Å². The molecule has 12 nitrogen and oxygen atoms in total. The van der Waals surface area contributed by atoms with Crippen LogP contribution in [0.4, 0.5) is 22.7 Å². The number of likely N-dealkylation sites (N-methyl/N-ethyl adjacent to an activating group) is 2. The van der Waals surface area contributed by atoms with Crippen molar-refractivity contribution in [3.05, 3.63) is 96.1 Å². The summed E-state index contributed by atoms with van der Waals surface area (Å²) in [5.74, 6) is 2.09. The molecule has 2 aliphatic rings. The third-order valence-corrected chi connectivity index (χ3v) is 9.16. The molecule has 0 aliphatic carbocycles. The lowest BCUT2D eigenvalue weighted by Gasteiger charge is -2.34. The van der Waals surface area contributed by atoms with Crippen molar-refractivity contribution < 1.29 is 28.4 Å². The molecule has 2 fully saturated rings. The Morgan fingerprint density at radius 2 is 0.922 bits per heavy atom. The van der Waals surface area contributed by atoms with Gasteiger partial charge in [0.15, 0.2) is 0 Å². The Balaban J connectivity index is 0.979. The van der Waals surface area contributed by atoms with Crippen molar-refractivity contribution in [2.75, 3.05) is 101 Å². The van der Waals surface area contributed by atoms with E-state index in [0.29, 0.717) is 34.0 Å². The first-order chi connectivity index (χ1) is 24.8. The van der Waals surface area contributed by atoms with E-state index in [0.717, 1.165) is 75.2 Å². The van der Waals surface area contributed by atoms with Gasteiger partial charge < -0.3 is 49.0 Å². The molecule has 4 aromatic carbocycles. The van der Waals surface area contributed by atoms with Crippen molar-refractivity contribution in [2.45, 2.75) is 0 Å². The Morgan fingerprint density at radius 3 is 1.27 bits per heavy atom. The molecule has 2 amide bonds. The molecule has 265 valence electrons. The van der Waals surface area contributed by atoms with Crippen LogP contribution in [-0.4, -0.2) is 110 Å². The molecule has 2 N–H and O–H groups in total.